The minimum atomic E-state index is 0. The summed E-state index contributed by atoms with van der Waals surface area (Å²) < 4.78 is 10.6. The maximum atomic E-state index is 5.68. The van der Waals surface area contributed by atoms with Crippen LogP contribution in [0.2, 0.25) is 0 Å². The lowest BCUT2D eigenvalue weighted by atomic mass is 10.1. The van der Waals surface area contributed by atoms with Crippen LogP contribution in [0.4, 0.5) is 0 Å². The van der Waals surface area contributed by atoms with Gasteiger partial charge in [-0.05, 0) is 26.7 Å². The van der Waals surface area contributed by atoms with Gasteiger partial charge in [0.05, 0.1) is 6.10 Å². The Morgan fingerprint density at radius 3 is 2.68 bits per heavy atom. The Balaban J connectivity index is 0.00000242. The number of guanidine groups is 1. The summed E-state index contributed by atoms with van der Waals surface area (Å²) in [5.74, 6) is 2.10. The normalized spacial score (nSPS) is 16.5. The number of aromatic nitrogens is 2. The second-order valence-electron chi connectivity index (χ2n) is 5.04. The predicted octanol–water partition coefficient (Wildman–Crippen LogP) is 1.96. The molecule has 0 aliphatic carbocycles. The van der Waals surface area contributed by atoms with Crippen molar-refractivity contribution < 1.29 is 9.26 Å². The molecule has 1 aliphatic heterocycles. The zero-order valence-electron chi connectivity index (χ0n) is 13.5. The van der Waals surface area contributed by atoms with Gasteiger partial charge in [-0.1, -0.05) is 5.16 Å². The molecule has 8 heteroatoms. The molecule has 0 bridgehead atoms. The monoisotopic (exact) mass is 423 g/mol. The average molecular weight is 423 g/mol. The van der Waals surface area contributed by atoms with Gasteiger partial charge in [0.2, 0.25) is 5.89 Å². The Morgan fingerprint density at radius 2 is 2.14 bits per heavy atom. The van der Waals surface area contributed by atoms with Gasteiger partial charge in [0.15, 0.2) is 11.8 Å². The number of hydrogen-bond acceptors (Lipinski definition) is 5. The number of halogens is 1. The highest BCUT2D eigenvalue weighted by Gasteiger charge is 2.21. The van der Waals surface area contributed by atoms with E-state index in [1.807, 2.05) is 6.92 Å². The zero-order chi connectivity index (χ0) is 15.1. The number of hydrogen-bond donors (Lipinski definition) is 1. The highest BCUT2D eigenvalue weighted by Crippen LogP contribution is 2.14. The molecular formula is C14H26IN5O2. The number of ether oxygens (including phenoxy) is 1. The van der Waals surface area contributed by atoms with Crippen LogP contribution in [0.15, 0.2) is 9.52 Å². The van der Waals surface area contributed by atoms with E-state index in [4.69, 9.17) is 9.26 Å². The summed E-state index contributed by atoms with van der Waals surface area (Å²) in [6.07, 6.45) is 2.47. The molecule has 126 valence electrons. The van der Waals surface area contributed by atoms with Gasteiger partial charge in [-0.2, -0.15) is 4.98 Å². The number of rotatable bonds is 5. The lowest BCUT2D eigenvalue weighted by Crippen LogP contribution is -2.47. The maximum Gasteiger partial charge on any atom is 0.223 e. The van der Waals surface area contributed by atoms with E-state index in [0.717, 1.165) is 45.0 Å². The quantitative estimate of drug-likeness (QED) is 0.444. The first-order valence-corrected chi connectivity index (χ1v) is 7.67. The van der Waals surface area contributed by atoms with Crippen molar-refractivity contribution in [1.82, 2.24) is 20.4 Å². The SMILES string of the molecule is CCNC(=NCc1noc(C)n1)N1CCC(OCC)CC1.I. The molecule has 1 N–H and O–H groups in total. The number of piperidine rings is 1. The average Bonchev–Trinajstić information content (AvgIpc) is 2.90. The number of nitrogens with zero attached hydrogens (tertiary/aromatic N) is 4. The summed E-state index contributed by atoms with van der Waals surface area (Å²) in [5.41, 5.74) is 0. The van der Waals surface area contributed by atoms with E-state index in [1.54, 1.807) is 6.92 Å². The molecule has 1 aliphatic rings. The Morgan fingerprint density at radius 1 is 1.41 bits per heavy atom. The molecule has 1 aromatic heterocycles. The topological polar surface area (TPSA) is 75.8 Å². The zero-order valence-corrected chi connectivity index (χ0v) is 15.9. The van der Waals surface area contributed by atoms with Crippen LogP contribution in [-0.2, 0) is 11.3 Å². The van der Waals surface area contributed by atoms with Gasteiger partial charge >= 0.3 is 0 Å². The van der Waals surface area contributed by atoms with Gasteiger partial charge in [-0.15, -0.1) is 24.0 Å². The first-order valence-electron chi connectivity index (χ1n) is 7.67. The second kappa shape index (κ2) is 9.98. The third kappa shape index (κ3) is 5.71. The molecule has 0 saturated carbocycles. The van der Waals surface area contributed by atoms with Crippen LogP contribution >= 0.6 is 24.0 Å². The minimum Gasteiger partial charge on any atom is -0.378 e. The van der Waals surface area contributed by atoms with Gasteiger partial charge in [0.1, 0.15) is 6.54 Å². The van der Waals surface area contributed by atoms with Crippen molar-refractivity contribution in [2.24, 2.45) is 4.99 Å². The van der Waals surface area contributed by atoms with Gasteiger partial charge in [0.25, 0.3) is 0 Å². The summed E-state index contributed by atoms with van der Waals surface area (Å²) in [7, 11) is 0. The standard InChI is InChI=1S/C14H25N5O2.HI/c1-4-15-14(16-10-13-17-11(3)21-18-13)19-8-6-12(7-9-19)20-5-2;/h12H,4-10H2,1-3H3,(H,15,16);1H. The number of nitrogens with one attached hydrogen (secondary N) is 1. The van der Waals surface area contributed by atoms with E-state index < -0.39 is 0 Å². The number of aliphatic imine (C=N–C) groups is 1. The first-order chi connectivity index (χ1) is 10.2. The highest BCUT2D eigenvalue weighted by atomic mass is 127. The molecule has 0 radical (unpaired) electrons. The minimum absolute atomic E-state index is 0. The van der Waals surface area contributed by atoms with E-state index in [2.05, 4.69) is 32.3 Å². The first kappa shape index (κ1) is 19.1. The van der Waals surface area contributed by atoms with Gasteiger partial charge in [0, 0.05) is 33.2 Å². The number of aryl methyl sites for hydroxylation is 1. The number of likely N-dealkylation sites (tertiary alicyclic amines) is 1. The largest absolute Gasteiger partial charge is 0.378 e. The molecule has 0 aromatic carbocycles. The van der Waals surface area contributed by atoms with Gasteiger partial charge in [-0.3, -0.25) is 0 Å². The van der Waals surface area contributed by atoms with Crippen LogP contribution in [0.25, 0.3) is 0 Å². The van der Waals surface area contributed by atoms with E-state index in [0.29, 0.717) is 24.4 Å². The third-order valence-corrected chi connectivity index (χ3v) is 3.42. The van der Waals surface area contributed by atoms with Gasteiger partial charge in [-0.25, -0.2) is 4.99 Å². The lowest BCUT2D eigenvalue weighted by Gasteiger charge is -2.34. The van der Waals surface area contributed by atoms with Crippen molar-refractivity contribution >= 4 is 29.9 Å². The fraction of sp³-hybridized carbons (Fsp3) is 0.786. The maximum absolute atomic E-state index is 5.68. The van der Waals surface area contributed by atoms with Gasteiger partial charge < -0.3 is 19.5 Å². The van der Waals surface area contributed by atoms with Crippen molar-refractivity contribution in [3.05, 3.63) is 11.7 Å². The van der Waals surface area contributed by atoms with E-state index in [9.17, 15) is 0 Å². The molecule has 7 nitrogen and oxygen atoms in total. The van der Waals surface area contributed by atoms with Crippen LogP contribution in [0.3, 0.4) is 0 Å². The van der Waals surface area contributed by atoms with Crippen molar-refractivity contribution in [1.29, 1.82) is 0 Å². The summed E-state index contributed by atoms with van der Waals surface area (Å²) >= 11 is 0. The van der Waals surface area contributed by atoms with Crippen molar-refractivity contribution in [3.8, 4) is 0 Å². The summed E-state index contributed by atoms with van der Waals surface area (Å²) in [5, 5.41) is 7.20. The predicted molar refractivity (Wildman–Crippen MR) is 95.5 cm³/mol. The van der Waals surface area contributed by atoms with Crippen LogP contribution in [0.1, 0.15) is 38.4 Å². The molecule has 22 heavy (non-hydrogen) atoms. The molecular weight excluding hydrogens is 397 g/mol. The highest BCUT2D eigenvalue weighted by molar-refractivity contribution is 14.0. The van der Waals surface area contributed by atoms with E-state index in [1.165, 1.54) is 0 Å². The van der Waals surface area contributed by atoms with Crippen molar-refractivity contribution in [2.45, 2.75) is 46.3 Å². The molecule has 1 fully saturated rings. The fourth-order valence-corrected chi connectivity index (χ4v) is 2.45. The molecule has 0 unspecified atom stereocenters. The van der Waals surface area contributed by atoms with E-state index >= 15 is 0 Å². The lowest BCUT2D eigenvalue weighted by molar-refractivity contribution is 0.0263. The molecule has 2 heterocycles. The molecule has 0 atom stereocenters. The van der Waals surface area contributed by atoms with Crippen LogP contribution in [0, 0.1) is 6.92 Å². The smallest absolute Gasteiger partial charge is 0.223 e. The Hall–Kier alpha value is -0.900. The van der Waals surface area contributed by atoms with Crippen molar-refractivity contribution in [3.63, 3.8) is 0 Å². The van der Waals surface area contributed by atoms with Crippen LogP contribution in [0.5, 0.6) is 0 Å². The van der Waals surface area contributed by atoms with Crippen LogP contribution in [-0.4, -0.2) is 53.3 Å². The molecule has 1 saturated heterocycles. The Bertz CT molecular complexity index is 458. The Labute approximate surface area is 148 Å². The van der Waals surface area contributed by atoms with E-state index in [-0.39, 0.29) is 24.0 Å². The Kier molecular flexibility index (Phi) is 8.69. The fourth-order valence-electron chi connectivity index (χ4n) is 2.45. The third-order valence-electron chi connectivity index (χ3n) is 3.42. The second-order valence-corrected chi connectivity index (χ2v) is 5.04. The molecule has 1 aromatic rings. The molecule has 0 spiro atoms. The van der Waals surface area contributed by atoms with Crippen molar-refractivity contribution in [2.75, 3.05) is 26.2 Å². The molecule has 2 rings (SSSR count). The molecule has 0 amide bonds. The summed E-state index contributed by atoms with van der Waals surface area (Å²) in [6, 6.07) is 0. The summed E-state index contributed by atoms with van der Waals surface area (Å²) in [6.45, 7) is 9.88. The summed E-state index contributed by atoms with van der Waals surface area (Å²) in [4.78, 5) is 11.0. The van der Waals surface area contributed by atoms with Crippen LogP contribution < -0.4 is 5.32 Å².